The first-order valence-electron chi connectivity index (χ1n) is 10.4. The van der Waals surface area contributed by atoms with Crippen LogP contribution in [0.1, 0.15) is 29.4 Å². The lowest BCUT2D eigenvalue weighted by Gasteiger charge is -2.26. The van der Waals surface area contributed by atoms with Crippen molar-refractivity contribution < 1.29 is 14.4 Å². The normalized spacial score (nSPS) is 15.4. The highest BCUT2D eigenvalue weighted by Crippen LogP contribution is 2.30. The largest absolute Gasteiger partial charge is 0.335 e. The summed E-state index contributed by atoms with van der Waals surface area (Å²) in [6.07, 6.45) is 2.46. The number of nitrogens with one attached hydrogen (secondary N) is 1. The molecule has 0 atom stereocenters. The predicted molar refractivity (Wildman–Crippen MR) is 130 cm³/mol. The molecule has 0 unspecified atom stereocenters. The van der Waals surface area contributed by atoms with Gasteiger partial charge in [-0.1, -0.05) is 42.3 Å². The zero-order valence-corrected chi connectivity index (χ0v) is 19.8. The number of carbonyl (C=O) groups excluding carboxylic acids is 3. The Hall–Kier alpha value is -3.35. The van der Waals surface area contributed by atoms with Gasteiger partial charge in [0.1, 0.15) is 5.57 Å². The molecule has 4 rings (SSSR count). The molecule has 0 aliphatic carbocycles. The molecule has 0 bridgehead atoms. The number of rotatable bonds is 4. The number of barbiturate groups is 1. The van der Waals surface area contributed by atoms with Crippen LogP contribution in [-0.2, 0) is 16.0 Å². The summed E-state index contributed by atoms with van der Waals surface area (Å²) in [5.74, 6) is -1.49. The van der Waals surface area contributed by atoms with Crippen molar-refractivity contribution in [3.63, 3.8) is 0 Å². The van der Waals surface area contributed by atoms with Gasteiger partial charge in [0.15, 0.2) is 0 Å². The van der Waals surface area contributed by atoms with E-state index in [1.807, 2.05) is 32.0 Å². The number of hydrogen-bond acceptors (Lipinski definition) is 3. The van der Waals surface area contributed by atoms with E-state index in [0.717, 1.165) is 28.4 Å². The zero-order chi connectivity index (χ0) is 23.9. The lowest BCUT2D eigenvalue weighted by Crippen LogP contribution is -2.54. The van der Waals surface area contributed by atoms with Crippen LogP contribution in [0.2, 0.25) is 10.0 Å². The van der Waals surface area contributed by atoms with Gasteiger partial charge in [0.05, 0.1) is 15.7 Å². The number of urea groups is 1. The molecule has 3 aromatic rings. The summed E-state index contributed by atoms with van der Waals surface area (Å²) in [4.78, 5) is 39.1. The number of nitrogens with zero attached hydrogens (tertiary/aromatic N) is 2. The average molecular weight is 482 g/mol. The molecule has 1 aliphatic heterocycles. The Kier molecular flexibility index (Phi) is 6.15. The number of anilines is 1. The molecule has 2 heterocycles. The Labute approximate surface area is 201 Å². The van der Waals surface area contributed by atoms with E-state index in [2.05, 4.69) is 28.9 Å². The third-order valence-electron chi connectivity index (χ3n) is 5.64. The van der Waals surface area contributed by atoms with Crippen LogP contribution in [0.5, 0.6) is 0 Å². The van der Waals surface area contributed by atoms with E-state index in [4.69, 9.17) is 23.2 Å². The second-order valence-corrected chi connectivity index (χ2v) is 8.55. The maximum Gasteiger partial charge on any atom is 0.335 e. The third kappa shape index (κ3) is 4.19. The molecular weight excluding hydrogens is 461 g/mol. The quantitative estimate of drug-likeness (QED) is 0.387. The lowest BCUT2D eigenvalue weighted by atomic mass is 10.1. The standard InChI is InChI=1S/C25H21Cl2N3O3/c1-4-16-5-7-18(8-6-16)29-14(2)11-17(15(29)3)12-20-23(31)28-25(33)30(24(20)32)19-9-10-21(26)22(27)13-19/h5-13H,4H2,1-3H3,(H,28,31,33)/b20-12+. The van der Waals surface area contributed by atoms with Gasteiger partial charge < -0.3 is 4.57 Å². The van der Waals surface area contributed by atoms with Gasteiger partial charge in [-0.2, -0.15) is 0 Å². The summed E-state index contributed by atoms with van der Waals surface area (Å²) in [5, 5.41) is 2.70. The van der Waals surface area contributed by atoms with Crippen molar-refractivity contribution in [3.05, 3.63) is 86.7 Å². The van der Waals surface area contributed by atoms with Gasteiger partial charge in [-0.05, 0) is 73.9 Å². The molecule has 168 valence electrons. The van der Waals surface area contributed by atoms with Crippen LogP contribution in [0.15, 0.2) is 54.1 Å². The Morgan fingerprint density at radius 1 is 0.909 bits per heavy atom. The number of imide groups is 2. The molecule has 1 fully saturated rings. The molecular formula is C25H21Cl2N3O3. The van der Waals surface area contributed by atoms with E-state index in [0.29, 0.717) is 5.56 Å². The van der Waals surface area contributed by atoms with Crippen LogP contribution in [-0.4, -0.2) is 22.4 Å². The predicted octanol–water partition coefficient (Wildman–Crippen LogP) is 5.63. The SMILES string of the molecule is CCc1ccc(-n2c(C)cc(/C=C3\C(=O)NC(=O)N(c4ccc(Cl)c(Cl)c4)C3=O)c2C)cc1. The summed E-state index contributed by atoms with van der Waals surface area (Å²) in [5.41, 5.74) is 4.80. The van der Waals surface area contributed by atoms with Crippen LogP contribution in [0.3, 0.4) is 0 Å². The van der Waals surface area contributed by atoms with Crippen molar-refractivity contribution in [1.29, 1.82) is 0 Å². The number of carbonyl (C=O) groups is 3. The Morgan fingerprint density at radius 3 is 2.21 bits per heavy atom. The Balaban J connectivity index is 1.74. The van der Waals surface area contributed by atoms with Crippen molar-refractivity contribution in [3.8, 4) is 5.69 Å². The van der Waals surface area contributed by atoms with E-state index < -0.39 is 17.8 Å². The van der Waals surface area contributed by atoms with Gasteiger partial charge in [0, 0.05) is 17.1 Å². The van der Waals surface area contributed by atoms with E-state index in [1.54, 1.807) is 0 Å². The molecule has 2 aromatic carbocycles. The monoisotopic (exact) mass is 481 g/mol. The fourth-order valence-corrected chi connectivity index (χ4v) is 4.18. The zero-order valence-electron chi connectivity index (χ0n) is 18.3. The summed E-state index contributed by atoms with van der Waals surface area (Å²) in [6, 6.07) is 13.7. The van der Waals surface area contributed by atoms with Gasteiger partial charge >= 0.3 is 6.03 Å². The maximum absolute atomic E-state index is 13.2. The molecule has 33 heavy (non-hydrogen) atoms. The molecule has 1 saturated heterocycles. The molecule has 0 spiro atoms. The molecule has 1 aliphatic rings. The molecule has 6 nitrogen and oxygen atoms in total. The highest BCUT2D eigenvalue weighted by molar-refractivity contribution is 6.43. The fraction of sp³-hybridized carbons (Fsp3) is 0.160. The van der Waals surface area contributed by atoms with E-state index >= 15 is 0 Å². The second kappa shape index (κ2) is 8.89. The van der Waals surface area contributed by atoms with Gasteiger partial charge in [-0.3, -0.25) is 14.9 Å². The molecule has 1 aromatic heterocycles. The summed E-state index contributed by atoms with van der Waals surface area (Å²) in [7, 11) is 0. The molecule has 4 amide bonds. The third-order valence-corrected chi connectivity index (χ3v) is 6.37. The number of halogens is 2. The van der Waals surface area contributed by atoms with Crippen molar-refractivity contribution in [2.75, 3.05) is 4.90 Å². The fourth-order valence-electron chi connectivity index (χ4n) is 3.88. The van der Waals surface area contributed by atoms with E-state index in [1.165, 1.54) is 29.8 Å². The summed E-state index contributed by atoms with van der Waals surface area (Å²) in [6.45, 7) is 5.97. The molecule has 0 radical (unpaired) electrons. The summed E-state index contributed by atoms with van der Waals surface area (Å²) < 4.78 is 2.05. The van der Waals surface area contributed by atoms with Crippen molar-refractivity contribution >= 4 is 52.8 Å². The highest BCUT2D eigenvalue weighted by atomic mass is 35.5. The maximum atomic E-state index is 13.2. The first kappa shape index (κ1) is 22.8. The minimum absolute atomic E-state index is 0.151. The average Bonchev–Trinajstić information content (AvgIpc) is 3.06. The van der Waals surface area contributed by atoms with Crippen LogP contribution in [0.25, 0.3) is 11.8 Å². The van der Waals surface area contributed by atoms with E-state index in [9.17, 15) is 14.4 Å². The van der Waals surface area contributed by atoms with Crippen LogP contribution >= 0.6 is 23.2 Å². The van der Waals surface area contributed by atoms with Crippen molar-refractivity contribution in [2.45, 2.75) is 27.2 Å². The van der Waals surface area contributed by atoms with Gasteiger partial charge in [0.2, 0.25) is 0 Å². The topological polar surface area (TPSA) is 71.4 Å². The van der Waals surface area contributed by atoms with Crippen molar-refractivity contribution in [2.24, 2.45) is 0 Å². The minimum Gasteiger partial charge on any atom is -0.318 e. The number of aryl methyl sites for hydroxylation is 2. The molecule has 8 heteroatoms. The Morgan fingerprint density at radius 2 is 1.58 bits per heavy atom. The number of amides is 4. The minimum atomic E-state index is -0.845. The van der Waals surface area contributed by atoms with Crippen LogP contribution < -0.4 is 10.2 Å². The van der Waals surface area contributed by atoms with E-state index in [-0.39, 0.29) is 21.3 Å². The first-order chi connectivity index (χ1) is 15.7. The molecule has 1 N–H and O–H groups in total. The smallest absolute Gasteiger partial charge is 0.318 e. The second-order valence-electron chi connectivity index (χ2n) is 7.74. The Bertz CT molecular complexity index is 1320. The number of hydrogen-bond donors (Lipinski definition) is 1. The van der Waals surface area contributed by atoms with Gasteiger partial charge in [-0.25, -0.2) is 9.69 Å². The van der Waals surface area contributed by atoms with Crippen molar-refractivity contribution in [1.82, 2.24) is 9.88 Å². The van der Waals surface area contributed by atoms with Crippen LogP contribution in [0, 0.1) is 13.8 Å². The first-order valence-corrected chi connectivity index (χ1v) is 11.1. The number of benzene rings is 2. The highest BCUT2D eigenvalue weighted by Gasteiger charge is 2.37. The lowest BCUT2D eigenvalue weighted by molar-refractivity contribution is -0.122. The van der Waals surface area contributed by atoms with Gasteiger partial charge in [-0.15, -0.1) is 0 Å². The molecule has 0 saturated carbocycles. The summed E-state index contributed by atoms with van der Waals surface area (Å²) >= 11 is 12.0. The van der Waals surface area contributed by atoms with Crippen LogP contribution in [0.4, 0.5) is 10.5 Å². The van der Waals surface area contributed by atoms with Gasteiger partial charge in [0.25, 0.3) is 11.8 Å². The number of aromatic nitrogens is 1.